The molecule has 2 aromatic rings. The average Bonchev–Trinajstić information content (AvgIpc) is 2.52. The van der Waals surface area contributed by atoms with E-state index in [1.807, 2.05) is 31.2 Å². The van der Waals surface area contributed by atoms with Crippen molar-refractivity contribution in [2.75, 3.05) is 13.2 Å². The predicted octanol–water partition coefficient (Wildman–Crippen LogP) is 1.69. The number of para-hydroxylation sites is 1. The number of hydrogen-bond acceptors (Lipinski definition) is 4. The van der Waals surface area contributed by atoms with Crippen LogP contribution in [0.1, 0.15) is 21.6 Å². The van der Waals surface area contributed by atoms with Crippen LogP contribution in [-0.4, -0.2) is 29.2 Å². The predicted molar refractivity (Wildman–Crippen MR) is 79.2 cm³/mol. The molecular formula is C16H18N2O3. The van der Waals surface area contributed by atoms with E-state index in [9.17, 15) is 4.79 Å². The van der Waals surface area contributed by atoms with Gasteiger partial charge in [-0.3, -0.25) is 9.78 Å². The molecule has 0 radical (unpaired) electrons. The van der Waals surface area contributed by atoms with Crippen LogP contribution in [0.15, 0.2) is 42.6 Å². The van der Waals surface area contributed by atoms with Gasteiger partial charge in [0.15, 0.2) is 0 Å². The van der Waals surface area contributed by atoms with Gasteiger partial charge in [0.05, 0.1) is 12.2 Å². The van der Waals surface area contributed by atoms with Crippen LogP contribution >= 0.6 is 0 Å². The van der Waals surface area contributed by atoms with E-state index in [0.717, 1.165) is 11.3 Å². The SMILES string of the molecule is Cc1ccc(C(=O)NCc2ccccc2OCCO)cn1. The van der Waals surface area contributed by atoms with Crippen LogP contribution in [0, 0.1) is 6.92 Å². The first-order valence-corrected chi connectivity index (χ1v) is 6.73. The number of aliphatic hydroxyl groups excluding tert-OH is 1. The van der Waals surface area contributed by atoms with Crippen molar-refractivity contribution in [3.8, 4) is 5.75 Å². The standard InChI is InChI=1S/C16H18N2O3/c1-12-6-7-14(11-17-12)16(20)18-10-13-4-2-3-5-15(13)21-9-8-19/h2-7,11,19H,8-10H2,1H3,(H,18,20). The topological polar surface area (TPSA) is 71.5 Å². The second kappa shape index (κ2) is 7.40. The van der Waals surface area contributed by atoms with E-state index >= 15 is 0 Å². The van der Waals surface area contributed by atoms with Gasteiger partial charge in [-0.15, -0.1) is 0 Å². The van der Waals surface area contributed by atoms with Gasteiger partial charge < -0.3 is 15.2 Å². The van der Waals surface area contributed by atoms with Gasteiger partial charge in [0.25, 0.3) is 5.91 Å². The maximum Gasteiger partial charge on any atom is 0.253 e. The van der Waals surface area contributed by atoms with Gasteiger partial charge in [0, 0.05) is 24.0 Å². The number of nitrogens with zero attached hydrogens (tertiary/aromatic N) is 1. The third-order valence-electron chi connectivity index (χ3n) is 2.93. The number of ether oxygens (including phenoxy) is 1. The minimum absolute atomic E-state index is 0.0459. The van der Waals surface area contributed by atoms with Crippen LogP contribution in [0.4, 0.5) is 0 Å². The Morgan fingerprint density at radius 3 is 2.81 bits per heavy atom. The number of nitrogens with one attached hydrogen (secondary N) is 1. The summed E-state index contributed by atoms with van der Waals surface area (Å²) < 4.78 is 5.43. The number of carbonyl (C=O) groups excluding carboxylic acids is 1. The fourth-order valence-electron chi connectivity index (χ4n) is 1.83. The summed E-state index contributed by atoms with van der Waals surface area (Å²) in [5, 5.41) is 11.6. The molecule has 0 aliphatic carbocycles. The molecule has 1 amide bonds. The van der Waals surface area contributed by atoms with Gasteiger partial charge in [0.1, 0.15) is 12.4 Å². The van der Waals surface area contributed by atoms with Crippen LogP contribution in [-0.2, 0) is 6.54 Å². The third kappa shape index (κ3) is 4.29. The Kier molecular flexibility index (Phi) is 5.29. The number of carbonyl (C=O) groups is 1. The highest BCUT2D eigenvalue weighted by Gasteiger charge is 2.08. The van der Waals surface area contributed by atoms with E-state index in [1.165, 1.54) is 0 Å². The summed E-state index contributed by atoms with van der Waals surface area (Å²) in [7, 11) is 0. The normalized spacial score (nSPS) is 10.2. The minimum Gasteiger partial charge on any atom is -0.491 e. The van der Waals surface area contributed by atoms with Crippen molar-refractivity contribution in [1.29, 1.82) is 0 Å². The smallest absolute Gasteiger partial charge is 0.253 e. The van der Waals surface area contributed by atoms with E-state index in [-0.39, 0.29) is 19.1 Å². The molecule has 2 N–H and O–H groups in total. The van der Waals surface area contributed by atoms with Crippen molar-refractivity contribution in [1.82, 2.24) is 10.3 Å². The minimum atomic E-state index is -0.181. The molecule has 1 aromatic heterocycles. The van der Waals surface area contributed by atoms with E-state index in [2.05, 4.69) is 10.3 Å². The molecule has 0 aliphatic heterocycles. The molecule has 0 spiro atoms. The lowest BCUT2D eigenvalue weighted by Gasteiger charge is -2.11. The van der Waals surface area contributed by atoms with Crippen LogP contribution in [0.5, 0.6) is 5.75 Å². The van der Waals surface area contributed by atoms with Gasteiger partial charge in [-0.05, 0) is 25.1 Å². The van der Waals surface area contributed by atoms with Gasteiger partial charge in [-0.2, -0.15) is 0 Å². The first kappa shape index (κ1) is 15.0. The summed E-state index contributed by atoms with van der Waals surface area (Å²) in [6.45, 7) is 2.41. The molecule has 2 rings (SSSR count). The van der Waals surface area contributed by atoms with Gasteiger partial charge in [0.2, 0.25) is 0 Å². The van der Waals surface area contributed by atoms with Crippen molar-refractivity contribution < 1.29 is 14.6 Å². The lowest BCUT2D eigenvalue weighted by Crippen LogP contribution is -2.23. The van der Waals surface area contributed by atoms with Crippen molar-refractivity contribution in [3.05, 3.63) is 59.4 Å². The number of aliphatic hydroxyl groups is 1. The lowest BCUT2D eigenvalue weighted by molar-refractivity contribution is 0.0950. The second-order valence-corrected chi connectivity index (χ2v) is 4.55. The highest BCUT2D eigenvalue weighted by molar-refractivity contribution is 5.93. The quantitative estimate of drug-likeness (QED) is 0.847. The molecule has 5 heteroatoms. The van der Waals surface area contributed by atoms with E-state index < -0.39 is 0 Å². The third-order valence-corrected chi connectivity index (χ3v) is 2.93. The lowest BCUT2D eigenvalue weighted by atomic mass is 10.2. The number of amides is 1. The number of aryl methyl sites for hydroxylation is 1. The zero-order valence-corrected chi connectivity index (χ0v) is 11.9. The summed E-state index contributed by atoms with van der Waals surface area (Å²) in [4.78, 5) is 16.1. The molecule has 0 atom stereocenters. The summed E-state index contributed by atoms with van der Waals surface area (Å²) >= 11 is 0. The van der Waals surface area contributed by atoms with Crippen molar-refractivity contribution in [2.24, 2.45) is 0 Å². The molecule has 0 aliphatic rings. The molecule has 1 heterocycles. The molecule has 5 nitrogen and oxygen atoms in total. The summed E-state index contributed by atoms with van der Waals surface area (Å²) in [6.07, 6.45) is 1.55. The molecular weight excluding hydrogens is 268 g/mol. The zero-order valence-electron chi connectivity index (χ0n) is 11.9. The Bertz CT molecular complexity index is 597. The number of rotatable bonds is 6. The van der Waals surface area contributed by atoms with Crippen LogP contribution in [0.3, 0.4) is 0 Å². The number of hydrogen-bond donors (Lipinski definition) is 2. The van der Waals surface area contributed by atoms with Gasteiger partial charge in [-0.1, -0.05) is 18.2 Å². The highest BCUT2D eigenvalue weighted by atomic mass is 16.5. The number of benzene rings is 1. The fraction of sp³-hybridized carbons (Fsp3) is 0.250. The Hall–Kier alpha value is -2.40. The second-order valence-electron chi connectivity index (χ2n) is 4.55. The van der Waals surface area contributed by atoms with Crippen molar-refractivity contribution >= 4 is 5.91 Å². The van der Waals surface area contributed by atoms with Crippen LogP contribution < -0.4 is 10.1 Å². The monoisotopic (exact) mass is 286 g/mol. The zero-order chi connectivity index (χ0) is 15.1. The number of pyridine rings is 1. The molecule has 0 saturated heterocycles. The Balaban J connectivity index is 1.99. The summed E-state index contributed by atoms with van der Waals surface area (Å²) in [5.74, 6) is 0.480. The average molecular weight is 286 g/mol. The van der Waals surface area contributed by atoms with Gasteiger partial charge >= 0.3 is 0 Å². The Morgan fingerprint density at radius 2 is 2.10 bits per heavy atom. The molecule has 0 bridgehead atoms. The van der Waals surface area contributed by atoms with Crippen molar-refractivity contribution in [3.63, 3.8) is 0 Å². The van der Waals surface area contributed by atoms with Gasteiger partial charge in [-0.25, -0.2) is 0 Å². The summed E-state index contributed by atoms with van der Waals surface area (Å²) in [5.41, 5.74) is 2.25. The van der Waals surface area contributed by atoms with E-state index in [1.54, 1.807) is 18.3 Å². The van der Waals surface area contributed by atoms with Crippen LogP contribution in [0.25, 0.3) is 0 Å². The summed E-state index contributed by atoms with van der Waals surface area (Å²) in [6, 6.07) is 11.0. The maximum atomic E-state index is 12.0. The molecule has 0 fully saturated rings. The molecule has 1 aromatic carbocycles. The molecule has 21 heavy (non-hydrogen) atoms. The molecule has 110 valence electrons. The Morgan fingerprint density at radius 1 is 1.29 bits per heavy atom. The van der Waals surface area contributed by atoms with Crippen LogP contribution in [0.2, 0.25) is 0 Å². The first-order chi connectivity index (χ1) is 10.2. The molecule has 0 saturated carbocycles. The number of aromatic nitrogens is 1. The maximum absolute atomic E-state index is 12.0. The van der Waals surface area contributed by atoms with E-state index in [4.69, 9.17) is 9.84 Å². The van der Waals surface area contributed by atoms with E-state index in [0.29, 0.717) is 17.9 Å². The first-order valence-electron chi connectivity index (χ1n) is 6.73. The molecule has 0 unspecified atom stereocenters. The highest BCUT2D eigenvalue weighted by Crippen LogP contribution is 2.17. The largest absolute Gasteiger partial charge is 0.491 e. The fourth-order valence-corrected chi connectivity index (χ4v) is 1.83. The Labute approximate surface area is 123 Å². The van der Waals surface area contributed by atoms with Crippen molar-refractivity contribution in [2.45, 2.75) is 13.5 Å².